The number of aliphatic hydroxyl groups is 3. The van der Waals surface area contributed by atoms with Crippen LogP contribution >= 0.6 is 0 Å². The molecular formula is C45H59NO15. The lowest BCUT2D eigenvalue weighted by molar-refractivity contribution is -0.346. The predicted octanol–water partition coefficient (Wildman–Crippen LogP) is 3.81. The third-order valence-corrected chi connectivity index (χ3v) is 13.1. The first-order chi connectivity index (χ1) is 28.3. The summed E-state index contributed by atoms with van der Waals surface area (Å²) in [4.78, 5) is 83.5. The van der Waals surface area contributed by atoms with Gasteiger partial charge in [0.1, 0.15) is 29.5 Å². The van der Waals surface area contributed by atoms with E-state index >= 15 is 4.79 Å². The van der Waals surface area contributed by atoms with Crippen molar-refractivity contribution >= 4 is 35.8 Å². The number of allylic oxidation sites excluding steroid dienone is 1. The maximum atomic E-state index is 15.6. The van der Waals surface area contributed by atoms with Crippen LogP contribution in [-0.2, 0) is 47.6 Å². The van der Waals surface area contributed by atoms with Crippen LogP contribution in [0.4, 0.5) is 4.79 Å². The number of amides is 1. The molecule has 334 valence electrons. The van der Waals surface area contributed by atoms with Gasteiger partial charge in [0.2, 0.25) is 0 Å². The lowest BCUT2D eigenvalue weighted by Gasteiger charge is -2.67. The highest BCUT2D eigenvalue weighted by atomic mass is 16.6. The van der Waals surface area contributed by atoms with Gasteiger partial charge >= 0.3 is 30.0 Å². The average molecular weight is 854 g/mol. The maximum Gasteiger partial charge on any atom is 0.408 e. The smallest absolute Gasteiger partial charge is 0.408 e. The molecule has 0 unspecified atom stereocenters. The Morgan fingerprint density at radius 3 is 2.16 bits per heavy atom. The quantitative estimate of drug-likeness (QED) is 0.149. The number of hydrogen-bond donors (Lipinski definition) is 4. The minimum Gasteiger partial charge on any atom is -0.456 e. The highest BCUT2D eigenvalue weighted by Crippen LogP contribution is 2.64. The average Bonchev–Trinajstić information content (AvgIpc) is 4.01. The van der Waals surface area contributed by atoms with Gasteiger partial charge in [-0.2, -0.15) is 0 Å². The molecule has 16 heteroatoms. The molecule has 0 aromatic heterocycles. The molecule has 2 bridgehead atoms. The number of aliphatic hydroxyl groups excluding tert-OH is 2. The Labute approximate surface area is 355 Å². The fourth-order valence-corrected chi connectivity index (χ4v) is 9.75. The monoisotopic (exact) mass is 853 g/mol. The van der Waals surface area contributed by atoms with Crippen molar-refractivity contribution in [2.75, 3.05) is 6.61 Å². The van der Waals surface area contributed by atoms with Gasteiger partial charge in [0, 0.05) is 25.2 Å². The molecule has 4 N–H and O–H groups in total. The van der Waals surface area contributed by atoms with Gasteiger partial charge in [-0.3, -0.25) is 14.4 Å². The second-order valence-electron chi connectivity index (χ2n) is 19.1. The number of Topliss-reactive ketones (excluding diaryl/α,β-unsaturated/α-hetero) is 1. The summed E-state index contributed by atoms with van der Waals surface area (Å²) in [6.45, 7) is 15.3. The number of carbonyl (C=O) groups is 6. The van der Waals surface area contributed by atoms with E-state index in [0.29, 0.717) is 18.4 Å². The van der Waals surface area contributed by atoms with Crippen molar-refractivity contribution in [1.82, 2.24) is 5.32 Å². The molecule has 1 aromatic carbocycles. The summed E-state index contributed by atoms with van der Waals surface area (Å²) in [5.41, 5.74) is -7.81. The third-order valence-electron chi connectivity index (χ3n) is 13.1. The molecule has 1 heterocycles. The van der Waals surface area contributed by atoms with E-state index in [4.69, 9.17) is 28.4 Å². The summed E-state index contributed by atoms with van der Waals surface area (Å²) in [6, 6.07) is 6.53. The number of carbonyl (C=O) groups excluding carboxylic acids is 6. The molecule has 16 nitrogen and oxygen atoms in total. The van der Waals surface area contributed by atoms with Crippen LogP contribution < -0.4 is 5.32 Å². The fraction of sp³-hybridized carbons (Fsp3) is 0.644. The standard InChI is InChI=1S/C45H59NO15/c1-22(2)18-27(46-40(54)61-41(5,6)7)32(49)39(53)57-28-20-45(55)36(59-38(52)25-14-12-11-13-15-25)34-43(10,29(48)19-30-44(34,21-56-30)60-24(4)47)35(50)33(58-37(51)26-16-17-26)31(23(28)3)42(45,8)9/h11-15,18,26-30,32-34,36,48-49,55H,16-17,19-21H2,1-10H3,(H,46,54)/t27-,28-,29-,30+,32+,33+,34-,36-,43+,44-,45+/m0/s1. The molecule has 5 aliphatic rings. The Bertz CT molecular complexity index is 2010. The Morgan fingerprint density at radius 2 is 1.62 bits per heavy atom. The molecule has 0 radical (unpaired) electrons. The van der Waals surface area contributed by atoms with Crippen LogP contribution in [0.25, 0.3) is 0 Å². The molecule has 0 spiro atoms. The van der Waals surface area contributed by atoms with E-state index < -0.39 is 124 Å². The van der Waals surface area contributed by atoms with Crippen molar-refractivity contribution in [1.29, 1.82) is 0 Å². The minimum atomic E-state index is -2.38. The van der Waals surface area contributed by atoms with Gasteiger partial charge in [-0.15, -0.1) is 0 Å². The van der Waals surface area contributed by atoms with Gasteiger partial charge in [0.25, 0.3) is 0 Å². The second kappa shape index (κ2) is 16.2. The highest BCUT2D eigenvalue weighted by molar-refractivity contribution is 5.96. The molecular weight excluding hydrogens is 794 g/mol. The van der Waals surface area contributed by atoms with E-state index in [1.807, 2.05) is 0 Å². The first kappa shape index (κ1) is 45.9. The number of alkyl carbamates (subject to hydrolysis) is 1. The van der Waals surface area contributed by atoms with Crippen LogP contribution in [0.1, 0.15) is 105 Å². The summed E-state index contributed by atoms with van der Waals surface area (Å²) in [5.74, 6) is -6.50. The minimum absolute atomic E-state index is 0.0291. The van der Waals surface area contributed by atoms with Crippen LogP contribution in [0, 0.1) is 22.7 Å². The molecule has 1 aliphatic heterocycles. The van der Waals surface area contributed by atoms with Crippen molar-refractivity contribution in [2.45, 2.75) is 154 Å². The molecule has 6 rings (SSSR count). The maximum absolute atomic E-state index is 15.6. The molecule has 1 aromatic rings. The summed E-state index contributed by atoms with van der Waals surface area (Å²) < 4.78 is 35.9. The van der Waals surface area contributed by atoms with Crippen LogP contribution in [0.5, 0.6) is 0 Å². The van der Waals surface area contributed by atoms with Crippen LogP contribution in [0.3, 0.4) is 0 Å². The van der Waals surface area contributed by atoms with E-state index in [2.05, 4.69) is 5.32 Å². The number of esters is 4. The summed E-state index contributed by atoms with van der Waals surface area (Å²) in [5, 5.41) is 39.8. The van der Waals surface area contributed by atoms with E-state index in [0.717, 1.165) is 6.92 Å². The molecule has 61 heavy (non-hydrogen) atoms. The number of fused-ring (bicyclic) bond motifs is 5. The zero-order chi connectivity index (χ0) is 45.2. The number of hydrogen-bond acceptors (Lipinski definition) is 15. The van der Waals surface area contributed by atoms with Crippen molar-refractivity contribution in [2.24, 2.45) is 22.7 Å². The Hall–Kier alpha value is -4.64. The molecule has 1 saturated heterocycles. The van der Waals surface area contributed by atoms with E-state index in [9.17, 15) is 39.3 Å². The van der Waals surface area contributed by atoms with Gasteiger partial charge in [0.05, 0.1) is 41.6 Å². The highest BCUT2D eigenvalue weighted by Gasteiger charge is 2.78. The number of rotatable bonds is 10. The van der Waals surface area contributed by atoms with Crippen molar-refractivity contribution in [3.05, 3.63) is 58.7 Å². The van der Waals surface area contributed by atoms with Crippen LogP contribution in [0.15, 0.2) is 53.1 Å². The van der Waals surface area contributed by atoms with Gasteiger partial charge in [-0.05, 0) is 84.6 Å². The largest absolute Gasteiger partial charge is 0.456 e. The predicted molar refractivity (Wildman–Crippen MR) is 214 cm³/mol. The lowest BCUT2D eigenvalue weighted by Crippen LogP contribution is -2.82. The Kier molecular flexibility index (Phi) is 12.2. The molecule has 3 saturated carbocycles. The number of ketones is 1. The summed E-state index contributed by atoms with van der Waals surface area (Å²) in [6.07, 6.45) is -8.85. The number of nitrogens with one attached hydrogen (secondary N) is 1. The summed E-state index contributed by atoms with van der Waals surface area (Å²) >= 11 is 0. The second-order valence-corrected chi connectivity index (χ2v) is 19.1. The molecule has 11 atom stereocenters. The first-order valence-corrected chi connectivity index (χ1v) is 20.7. The van der Waals surface area contributed by atoms with Crippen LogP contribution in [0.2, 0.25) is 0 Å². The zero-order valence-electron chi connectivity index (χ0n) is 36.4. The molecule has 4 aliphatic carbocycles. The third kappa shape index (κ3) is 8.23. The zero-order valence-corrected chi connectivity index (χ0v) is 36.4. The first-order valence-electron chi connectivity index (χ1n) is 20.7. The van der Waals surface area contributed by atoms with Crippen molar-refractivity contribution in [3.8, 4) is 0 Å². The molecule has 1 amide bonds. The normalized spacial score (nSPS) is 33.7. The van der Waals surface area contributed by atoms with Crippen molar-refractivity contribution in [3.63, 3.8) is 0 Å². The van der Waals surface area contributed by atoms with E-state index in [-0.39, 0.29) is 29.7 Å². The fourth-order valence-electron chi connectivity index (χ4n) is 9.75. The SMILES string of the molecule is CC(=O)O[C@@]12CO[C@@H]1C[C@H](O)[C@@]1(C)C(=O)[C@H](OC(=O)C3CC3)C3=C(C)[C@@H](OC(=O)[C@H](O)[C@H](C=C(C)C)NC(=O)OC(C)(C)C)C[C@@](O)([C@@H](OC(=O)c4ccccc4)[C@H]21)C3(C)C. The number of benzene rings is 1. The lowest BCUT2D eigenvalue weighted by atomic mass is 9.44. The Balaban J connectivity index is 1.55. The topological polar surface area (TPSA) is 231 Å². The number of ether oxygens (including phenoxy) is 6. The van der Waals surface area contributed by atoms with Gasteiger partial charge < -0.3 is 49.1 Å². The summed E-state index contributed by atoms with van der Waals surface area (Å²) in [7, 11) is 0. The van der Waals surface area contributed by atoms with Crippen LogP contribution in [-0.4, -0.2) is 117 Å². The van der Waals surface area contributed by atoms with E-state index in [1.54, 1.807) is 73.6 Å². The van der Waals surface area contributed by atoms with Crippen molar-refractivity contribution < 1.29 is 72.5 Å². The Morgan fingerprint density at radius 1 is 0.984 bits per heavy atom. The van der Waals surface area contributed by atoms with Gasteiger partial charge in [-0.25, -0.2) is 14.4 Å². The van der Waals surface area contributed by atoms with Gasteiger partial charge in [-0.1, -0.05) is 43.7 Å². The molecule has 4 fully saturated rings. The van der Waals surface area contributed by atoms with Gasteiger partial charge in [0.15, 0.2) is 23.6 Å². The van der Waals surface area contributed by atoms with E-state index in [1.165, 1.54) is 25.1 Å².